The molecule has 1 N–H and O–H groups in total. The van der Waals surface area contributed by atoms with Crippen molar-refractivity contribution in [2.75, 3.05) is 0 Å². The van der Waals surface area contributed by atoms with E-state index in [1.807, 2.05) is 39.7 Å². The lowest BCUT2D eigenvalue weighted by molar-refractivity contribution is 0.0983. The van der Waals surface area contributed by atoms with Crippen LogP contribution in [0.4, 0.5) is 0 Å². The van der Waals surface area contributed by atoms with Crippen molar-refractivity contribution in [2.45, 2.75) is 45.6 Å². The number of carbonyl (C=O) groups is 1. The normalized spacial score (nSPS) is 11.1. The molecule has 0 aliphatic carbocycles. The molecule has 0 radical (unpaired) electrons. The summed E-state index contributed by atoms with van der Waals surface area (Å²) in [6.45, 7) is 2.74. The number of nitrogens with one attached hydrogen (secondary N) is 1. The maximum Gasteiger partial charge on any atom is 0.217 e. The van der Waals surface area contributed by atoms with Crippen molar-refractivity contribution in [3.63, 3.8) is 0 Å². The first-order valence-electron chi connectivity index (χ1n) is 12.1. The van der Waals surface area contributed by atoms with Crippen molar-refractivity contribution in [3.05, 3.63) is 88.1 Å². The van der Waals surface area contributed by atoms with Gasteiger partial charge < -0.3 is 0 Å². The number of benzene rings is 2. The Bertz CT molecular complexity index is 1410. The smallest absolute Gasteiger partial charge is 0.217 e. The number of carbonyl (C=O) groups excluding carboxylic acids is 1. The van der Waals surface area contributed by atoms with Crippen LogP contribution < -0.4 is 0 Å². The van der Waals surface area contributed by atoms with Crippen molar-refractivity contribution in [1.82, 2.24) is 35.4 Å². The lowest BCUT2D eigenvalue weighted by atomic mass is 9.98. The third-order valence-corrected chi connectivity index (χ3v) is 6.79. The Labute approximate surface area is 213 Å². The first-order chi connectivity index (χ1) is 17.7. The number of hydrogen-bond donors (Lipinski definition) is 1. The summed E-state index contributed by atoms with van der Waals surface area (Å²) < 4.78 is 1.89. The Morgan fingerprint density at radius 2 is 1.83 bits per heavy atom. The van der Waals surface area contributed by atoms with E-state index in [1.165, 1.54) is 0 Å². The number of H-pyrrole nitrogens is 1. The van der Waals surface area contributed by atoms with Gasteiger partial charge in [-0.25, -0.2) is 9.67 Å². The van der Waals surface area contributed by atoms with E-state index in [9.17, 15) is 4.79 Å². The van der Waals surface area contributed by atoms with Crippen LogP contribution in [0.1, 0.15) is 53.8 Å². The van der Waals surface area contributed by atoms with Crippen molar-refractivity contribution < 1.29 is 4.79 Å². The summed E-state index contributed by atoms with van der Waals surface area (Å²) >= 11 is 1.59. The number of aromatic amines is 1. The summed E-state index contributed by atoms with van der Waals surface area (Å²) in [7, 11) is 0. The maximum atomic E-state index is 12.8. The van der Waals surface area contributed by atoms with Gasteiger partial charge in [0.1, 0.15) is 5.82 Å². The number of Topliss-reactive ketones (excluding diaryl/α,β-unsaturated/α-hetero) is 1. The molecule has 0 saturated heterocycles. The zero-order valence-corrected chi connectivity index (χ0v) is 20.9. The molecule has 2 aromatic carbocycles. The highest BCUT2D eigenvalue weighted by Gasteiger charge is 2.17. The average molecular weight is 498 g/mol. The van der Waals surface area contributed by atoms with Gasteiger partial charge in [-0.3, -0.25) is 4.79 Å². The van der Waals surface area contributed by atoms with Crippen LogP contribution in [-0.4, -0.2) is 41.2 Å². The minimum Gasteiger partial charge on any atom is -0.290 e. The Morgan fingerprint density at radius 3 is 2.56 bits per heavy atom. The number of aryl methyl sites for hydroxylation is 1. The molecule has 8 nitrogen and oxygen atoms in total. The molecule has 0 spiro atoms. The predicted molar refractivity (Wildman–Crippen MR) is 140 cm³/mol. The van der Waals surface area contributed by atoms with E-state index >= 15 is 0 Å². The molecule has 36 heavy (non-hydrogen) atoms. The van der Waals surface area contributed by atoms with Crippen LogP contribution in [0.15, 0.2) is 65.4 Å². The Balaban J connectivity index is 1.37. The van der Waals surface area contributed by atoms with Gasteiger partial charge in [-0.1, -0.05) is 68.3 Å². The molecule has 0 unspecified atom stereocenters. The van der Waals surface area contributed by atoms with Crippen LogP contribution in [0.2, 0.25) is 0 Å². The van der Waals surface area contributed by atoms with Crippen LogP contribution in [-0.2, 0) is 19.4 Å². The molecule has 0 aliphatic rings. The fourth-order valence-corrected chi connectivity index (χ4v) is 4.83. The second-order valence-corrected chi connectivity index (χ2v) is 9.46. The number of hydrogen-bond acceptors (Lipinski definition) is 7. The van der Waals surface area contributed by atoms with E-state index in [0.29, 0.717) is 24.6 Å². The number of aromatic nitrogens is 7. The minimum atomic E-state index is -0.0442. The molecule has 0 bridgehead atoms. The first kappa shape index (κ1) is 23.7. The summed E-state index contributed by atoms with van der Waals surface area (Å²) in [5.41, 5.74) is 5.11. The Morgan fingerprint density at radius 1 is 1.00 bits per heavy atom. The molecule has 5 aromatic rings. The molecule has 0 aliphatic heterocycles. The number of tetrazole rings is 1. The molecule has 0 amide bonds. The Hall–Kier alpha value is -3.98. The third kappa shape index (κ3) is 5.46. The number of rotatable bonds is 11. The van der Waals surface area contributed by atoms with E-state index in [1.54, 1.807) is 11.3 Å². The Kier molecular flexibility index (Phi) is 7.37. The van der Waals surface area contributed by atoms with Crippen LogP contribution in [0.25, 0.3) is 22.5 Å². The molecule has 3 aromatic heterocycles. The highest BCUT2D eigenvalue weighted by Crippen LogP contribution is 2.29. The molecule has 182 valence electrons. The molecule has 0 fully saturated rings. The van der Waals surface area contributed by atoms with Gasteiger partial charge in [-0.05, 0) is 50.7 Å². The van der Waals surface area contributed by atoms with Gasteiger partial charge in [-0.2, -0.15) is 16.6 Å². The SMILES string of the molecule is CCCCCc1nc(C(=O)Cc2ccsc2)nn1Cc1ccc(-c2ccccc2-c2nn[nH]n2)cc1. The topological polar surface area (TPSA) is 102 Å². The van der Waals surface area contributed by atoms with E-state index < -0.39 is 0 Å². The van der Waals surface area contributed by atoms with Gasteiger partial charge in [0.25, 0.3) is 0 Å². The number of ketones is 1. The van der Waals surface area contributed by atoms with Crippen molar-refractivity contribution in [1.29, 1.82) is 0 Å². The van der Waals surface area contributed by atoms with E-state index in [4.69, 9.17) is 0 Å². The van der Waals surface area contributed by atoms with Gasteiger partial charge in [-0.15, -0.1) is 15.3 Å². The standard InChI is InChI=1S/C27H27N7OS/c1-2-3-4-9-25-28-27(24(35)16-20-14-15-36-18-20)31-34(25)17-19-10-12-21(13-11-19)22-7-5-6-8-23(22)26-29-32-33-30-26/h5-8,10-15,18H,2-4,9,16-17H2,1H3,(H,29,30,32,33). The van der Waals surface area contributed by atoms with Gasteiger partial charge in [0, 0.05) is 18.4 Å². The summed E-state index contributed by atoms with van der Waals surface area (Å²) in [5.74, 6) is 1.69. The van der Waals surface area contributed by atoms with E-state index in [0.717, 1.165) is 59.3 Å². The van der Waals surface area contributed by atoms with Crippen LogP contribution >= 0.6 is 11.3 Å². The lowest BCUT2D eigenvalue weighted by Crippen LogP contribution is -2.09. The number of unbranched alkanes of at least 4 members (excludes halogenated alkanes) is 2. The summed E-state index contributed by atoms with van der Waals surface area (Å²) in [6, 6.07) is 18.3. The zero-order chi connectivity index (χ0) is 24.7. The van der Waals surface area contributed by atoms with Crippen molar-refractivity contribution in [2.24, 2.45) is 0 Å². The molecular formula is C27H27N7OS. The quantitative estimate of drug-likeness (QED) is 0.194. The second kappa shape index (κ2) is 11.2. The van der Waals surface area contributed by atoms with Crippen LogP contribution in [0, 0.1) is 0 Å². The molecule has 9 heteroatoms. The summed E-state index contributed by atoms with van der Waals surface area (Å²) in [4.78, 5) is 17.5. The monoisotopic (exact) mass is 497 g/mol. The molecule has 3 heterocycles. The van der Waals surface area contributed by atoms with Crippen LogP contribution in [0.5, 0.6) is 0 Å². The van der Waals surface area contributed by atoms with E-state index in [-0.39, 0.29) is 5.78 Å². The summed E-state index contributed by atoms with van der Waals surface area (Å²) in [6.07, 6.45) is 4.42. The zero-order valence-electron chi connectivity index (χ0n) is 20.1. The molecule has 0 saturated carbocycles. The minimum absolute atomic E-state index is 0.0442. The fraction of sp³-hybridized carbons (Fsp3) is 0.259. The maximum absolute atomic E-state index is 12.8. The third-order valence-electron chi connectivity index (χ3n) is 6.06. The first-order valence-corrected chi connectivity index (χ1v) is 13.1. The van der Waals surface area contributed by atoms with Crippen molar-refractivity contribution >= 4 is 17.1 Å². The summed E-state index contributed by atoms with van der Waals surface area (Å²) in [5, 5.41) is 23.1. The average Bonchev–Trinajstić information content (AvgIpc) is 3.68. The molecule has 0 atom stereocenters. The van der Waals surface area contributed by atoms with Gasteiger partial charge in [0.05, 0.1) is 6.54 Å². The fourth-order valence-electron chi connectivity index (χ4n) is 4.16. The van der Waals surface area contributed by atoms with Gasteiger partial charge >= 0.3 is 0 Å². The van der Waals surface area contributed by atoms with E-state index in [2.05, 4.69) is 68.0 Å². The highest BCUT2D eigenvalue weighted by molar-refractivity contribution is 7.08. The molecular weight excluding hydrogens is 470 g/mol. The number of thiophene rings is 1. The number of nitrogens with zero attached hydrogens (tertiary/aromatic N) is 6. The molecule has 5 rings (SSSR count). The van der Waals surface area contributed by atoms with Gasteiger partial charge in [0.15, 0.2) is 0 Å². The lowest BCUT2D eigenvalue weighted by Gasteiger charge is -2.09. The van der Waals surface area contributed by atoms with Crippen molar-refractivity contribution in [3.8, 4) is 22.5 Å². The largest absolute Gasteiger partial charge is 0.290 e. The van der Waals surface area contributed by atoms with Crippen LogP contribution in [0.3, 0.4) is 0 Å². The predicted octanol–water partition coefficient (Wildman–Crippen LogP) is 5.39. The second-order valence-electron chi connectivity index (χ2n) is 8.68. The van der Waals surface area contributed by atoms with Gasteiger partial charge in [0.2, 0.25) is 17.4 Å². The highest BCUT2D eigenvalue weighted by atomic mass is 32.1.